The van der Waals surface area contributed by atoms with Gasteiger partial charge in [-0.2, -0.15) is 31.3 Å². The first-order valence-electron chi connectivity index (χ1n) is 11.9. The van der Waals surface area contributed by atoms with Crippen LogP contribution >= 0.6 is 0 Å². The van der Waals surface area contributed by atoms with E-state index in [9.17, 15) is 31.1 Å². The summed E-state index contributed by atoms with van der Waals surface area (Å²) in [6, 6.07) is 3.28. The molecule has 37 heavy (non-hydrogen) atoms. The van der Waals surface area contributed by atoms with Crippen molar-refractivity contribution in [3.05, 3.63) is 46.6 Å². The molecule has 1 aliphatic carbocycles. The molecule has 2 N–H and O–H groups in total. The number of rotatable bonds is 6. The first-order chi connectivity index (χ1) is 17.0. The second kappa shape index (κ2) is 10.4. The van der Waals surface area contributed by atoms with Crippen molar-refractivity contribution in [3.63, 3.8) is 0 Å². The molecule has 1 saturated carbocycles. The molecule has 6 nitrogen and oxygen atoms in total. The molecule has 0 aliphatic heterocycles. The SMILES string of the molecule is Cc1cc(N(C)C)nc(NC2CCC(C(=O)NC(C)(C)c3cc(C(F)(F)F)cc(C(F)(F)F)c3)CC2)n1. The number of nitrogens with one attached hydrogen (secondary N) is 2. The Morgan fingerprint density at radius 1 is 0.865 bits per heavy atom. The van der Waals surface area contributed by atoms with Crippen LogP contribution in [0.15, 0.2) is 24.3 Å². The van der Waals surface area contributed by atoms with Gasteiger partial charge in [0, 0.05) is 37.8 Å². The molecule has 0 atom stereocenters. The molecule has 3 rings (SSSR count). The van der Waals surface area contributed by atoms with E-state index in [-0.39, 0.29) is 17.7 Å². The van der Waals surface area contributed by atoms with Crippen LogP contribution in [-0.2, 0) is 22.7 Å². The van der Waals surface area contributed by atoms with Crippen molar-refractivity contribution in [3.8, 4) is 0 Å². The van der Waals surface area contributed by atoms with Gasteiger partial charge in [-0.1, -0.05) is 0 Å². The molecule has 1 aliphatic rings. The molecule has 0 unspecified atom stereocenters. The summed E-state index contributed by atoms with van der Waals surface area (Å²) in [6.45, 7) is 4.65. The fraction of sp³-hybridized carbons (Fsp3) is 0.560. The lowest BCUT2D eigenvalue weighted by atomic mass is 9.84. The maximum absolute atomic E-state index is 13.3. The summed E-state index contributed by atoms with van der Waals surface area (Å²) in [5.74, 6) is 0.424. The maximum atomic E-state index is 13.3. The third-order valence-corrected chi connectivity index (χ3v) is 6.48. The number of amides is 1. The lowest BCUT2D eigenvalue weighted by molar-refractivity contribution is -0.143. The topological polar surface area (TPSA) is 70.2 Å². The fourth-order valence-electron chi connectivity index (χ4n) is 4.33. The summed E-state index contributed by atoms with van der Waals surface area (Å²) in [5.41, 5.74) is -3.75. The highest BCUT2D eigenvalue weighted by Gasteiger charge is 2.39. The monoisotopic (exact) mass is 531 g/mol. The lowest BCUT2D eigenvalue weighted by Crippen LogP contribution is -2.45. The highest BCUT2D eigenvalue weighted by atomic mass is 19.4. The van der Waals surface area contributed by atoms with E-state index in [1.165, 1.54) is 13.8 Å². The summed E-state index contributed by atoms with van der Waals surface area (Å²) in [5, 5.41) is 5.96. The van der Waals surface area contributed by atoms with E-state index in [2.05, 4.69) is 20.6 Å². The molecule has 12 heteroatoms. The zero-order chi connectivity index (χ0) is 27.8. The Hall–Kier alpha value is -3.05. The Morgan fingerprint density at radius 2 is 1.38 bits per heavy atom. The van der Waals surface area contributed by atoms with E-state index in [1.54, 1.807) is 0 Å². The normalized spacial score (nSPS) is 18.9. The molecule has 0 spiro atoms. The van der Waals surface area contributed by atoms with Crippen LogP contribution in [0.1, 0.15) is 61.9 Å². The fourth-order valence-corrected chi connectivity index (χ4v) is 4.33. The summed E-state index contributed by atoms with van der Waals surface area (Å²) in [7, 11) is 3.75. The molecule has 0 saturated heterocycles. The van der Waals surface area contributed by atoms with Gasteiger partial charge in [0.15, 0.2) is 0 Å². The summed E-state index contributed by atoms with van der Waals surface area (Å²) in [6.07, 6.45) is -7.65. The van der Waals surface area contributed by atoms with Crippen molar-refractivity contribution in [2.45, 2.75) is 70.4 Å². The molecule has 1 aromatic heterocycles. The summed E-state index contributed by atoms with van der Waals surface area (Å²) in [4.78, 5) is 23.7. The predicted octanol–water partition coefficient (Wildman–Crippen LogP) is 5.91. The molecule has 1 aromatic carbocycles. The highest BCUT2D eigenvalue weighted by molar-refractivity contribution is 5.79. The van der Waals surface area contributed by atoms with Gasteiger partial charge >= 0.3 is 12.4 Å². The number of alkyl halides is 6. The van der Waals surface area contributed by atoms with Crippen molar-refractivity contribution in [2.75, 3.05) is 24.3 Å². The molecular formula is C25H31F6N5O. The largest absolute Gasteiger partial charge is 0.416 e. The van der Waals surface area contributed by atoms with E-state index >= 15 is 0 Å². The number of hydrogen-bond acceptors (Lipinski definition) is 5. The standard InChI is InChI=1S/C25H31F6N5O/c1-14-10-20(36(4)5)34-22(32-14)33-19-8-6-15(7-9-19)21(37)35-23(2,3)16-11-17(24(26,27)28)13-18(12-16)25(29,30)31/h10-13,15,19H,6-9H2,1-5H3,(H,35,37)(H,32,33,34). The number of benzene rings is 1. The quantitative estimate of drug-likeness (QED) is 0.454. The van der Waals surface area contributed by atoms with Crippen LogP contribution in [0.4, 0.5) is 38.1 Å². The zero-order valence-electron chi connectivity index (χ0n) is 21.3. The van der Waals surface area contributed by atoms with Crippen LogP contribution in [0.5, 0.6) is 0 Å². The minimum atomic E-state index is -4.96. The van der Waals surface area contributed by atoms with E-state index in [1.807, 2.05) is 32.0 Å². The number of carbonyl (C=O) groups excluding carboxylic acids is 1. The minimum Gasteiger partial charge on any atom is -0.363 e. The molecule has 0 radical (unpaired) electrons. The second-order valence-corrected chi connectivity index (χ2v) is 10.2. The first-order valence-corrected chi connectivity index (χ1v) is 11.9. The number of anilines is 2. The van der Waals surface area contributed by atoms with Gasteiger partial charge in [-0.05, 0) is 70.2 Å². The molecule has 0 bridgehead atoms. The van der Waals surface area contributed by atoms with Crippen LogP contribution in [0, 0.1) is 12.8 Å². The number of carbonyl (C=O) groups is 1. The number of halogens is 6. The van der Waals surface area contributed by atoms with E-state index in [4.69, 9.17) is 0 Å². The second-order valence-electron chi connectivity index (χ2n) is 10.2. The predicted molar refractivity (Wildman–Crippen MR) is 128 cm³/mol. The van der Waals surface area contributed by atoms with Gasteiger partial charge in [-0.3, -0.25) is 4.79 Å². The van der Waals surface area contributed by atoms with E-state index in [0.29, 0.717) is 43.8 Å². The van der Waals surface area contributed by atoms with Gasteiger partial charge in [0.2, 0.25) is 11.9 Å². The zero-order valence-corrected chi connectivity index (χ0v) is 21.3. The Bertz CT molecular complexity index is 1090. The Balaban J connectivity index is 1.68. The van der Waals surface area contributed by atoms with Crippen molar-refractivity contribution in [1.82, 2.24) is 15.3 Å². The van der Waals surface area contributed by atoms with Crippen LogP contribution in [0.3, 0.4) is 0 Å². The number of aryl methyl sites for hydroxylation is 1. The third kappa shape index (κ3) is 7.26. The summed E-state index contributed by atoms with van der Waals surface area (Å²) < 4.78 is 79.7. The van der Waals surface area contributed by atoms with Crippen molar-refractivity contribution >= 4 is 17.7 Å². The molecule has 1 heterocycles. The molecule has 2 aromatic rings. The molecular weight excluding hydrogens is 500 g/mol. The van der Waals surface area contributed by atoms with Gasteiger partial charge in [0.1, 0.15) is 5.82 Å². The number of aromatic nitrogens is 2. The summed E-state index contributed by atoms with van der Waals surface area (Å²) >= 11 is 0. The average Bonchev–Trinajstić information content (AvgIpc) is 2.77. The van der Waals surface area contributed by atoms with Crippen LogP contribution < -0.4 is 15.5 Å². The van der Waals surface area contributed by atoms with E-state index in [0.717, 1.165) is 11.5 Å². The van der Waals surface area contributed by atoms with Gasteiger partial charge in [-0.15, -0.1) is 0 Å². The molecule has 1 amide bonds. The number of hydrogen-bond donors (Lipinski definition) is 2. The van der Waals surface area contributed by atoms with Crippen molar-refractivity contribution < 1.29 is 31.1 Å². The van der Waals surface area contributed by atoms with Crippen LogP contribution in [0.2, 0.25) is 0 Å². The highest BCUT2D eigenvalue weighted by Crippen LogP contribution is 2.38. The minimum absolute atomic E-state index is 0.0340. The lowest BCUT2D eigenvalue weighted by Gasteiger charge is -2.33. The van der Waals surface area contributed by atoms with Gasteiger partial charge in [0.05, 0.1) is 16.7 Å². The van der Waals surface area contributed by atoms with E-state index < -0.39 is 40.8 Å². The Morgan fingerprint density at radius 3 is 1.86 bits per heavy atom. The van der Waals surface area contributed by atoms with Gasteiger partial charge in [-0.25, -0.2) is 4.98 Å². The average molecular weight is 532 g/mol. The smallest absolute Gasteiger partial charge is 0.363 e. The maximum Gasteiger partial charge on any atom is 0.416 e. The Kier molecular flexibility index (Phi) is 7.99. The van der Waals surface area contributed by atoms with Crippen molar-refractivity contribution in [1.29, 1.82) is 0 Å². The Labute approximate surface area is 211 Å². The van der Waals surface area contributed by atoms with Gasteiger partial charge in [0.25, 0.3) is 0 Å². The third-order valence-electron chi connectivity index (χ3n) is 6.48. The molecule has 1 fully saturated rings. The first kappa shape index (κ1) is 28.5. The number of nitrogens with zero attached hydrogens (tertiary/aromatic N) is 3. The molecule has 204 valence electrons. The van der Waals surface area contributed by atoms with Crippen molar-refractivity contribution in [2.24, 2.45) is 5.92 Å². The van der Waals surface area contributed by atoms with Gasteiger partial charge < -0.3 is 15.5 Å². The van der Waals surface area contributed by atoms with Crippen LogP contribution in [0.25, 0.3) is 0 Å². The van der Waals surface area contributed by atoms with Crippen LogP contribution in [-0.4, -0.2) is 36.0 Å².